The van der Waals surface area contributed by atoms with E-state index in [0.717, 1.165) is 18.6 Å². The van der Waals surface area contributed by atoms with Gasteiger partial charge in [-0.1, -0.05) is 0 Å². The van der Waals surface area contributed by atoms with E-state index in [4.69, 9.17) is 4.42 Å². The SMILES string of the molecule is Cc1nc2cc(C3CCNCC3)cnc2o1. The Labute approximate surface area is 94.1 Å². The van der Waals surface area contributed by atoms with Gasteiger partial charge in [-0.25, -0.2) is 9.97 Å². The van der Waals surface area contributed by atoms with Crippen LogP contribution in [-0.4, -0.2) is 23.1 Å². The van der Waals surface area contributed by atoms with Crippen LogP contribution in [0.2, 0.25) is 0 Å². The number of nitrogens with one attached hydrogen (secondary N) is 1. The molecular formula is C12H15N3O. The van der Waals surface area contributed by atoms with Gasteiger partial charge in [0, 0.05) is 13.1 Å². The van der Waals surface area contributed by atoms with E-state index >= 15 is 0 Å². The molecule has 0 aliphatic carbocycles. The molecule has 0 saturated carbocycles. The quantitative estimate of drug-likeness (QED) is 0.793. The van der Waals surface area contributed by atoms with E-state index in [1.165, 1.54) is 18.4 Å². The fourth-order valence-electron chi connectivity index (χ4n) is 2.33. The standard InChI is InChI=1S/C12H15N3O/c1-8-15-11-6-10(7-14-12(11)16-8)9-2-4-13-5-3-9/h6-7,9,13H,2-5H2,1H3. The number of oxazole rings is 1. The zero-order chi connectivity index (χ0) is 11.0. The molecule has 1 N–H and O–H groups in total. The molecule has 0 unspecified atom stereocenters. The number of rotatable bonds is 1. The molecule has 0 radical (unpaired) electrons. The Hall–Kier alpha value is -1.42. The molecule has 0 amide bonds. The predicted octanol–water partition coefficient (Wildman–Crippen LogP) is 2.00. The van der Waals surface area contributed by atoms with E-state index in [2.05, 4.69) is 21.4 Å². The Morgan fingerprint density at radius 2 is 2.19 bits per heavy atom. The molecule has 2 aromatic heterocycles. The van der Waals surface area contributed by atoms with Gasteiger partial charge in [0.1, 0.15) is 5.52 Å². The number of pyridine rings is 1. The highest BCUT2D eigenvalue weighted by Gasteiger charge is 2.16. The van der Waals surface area contributed by atoms with Crippen molar-refractivity contribution in [1.82, 2.24) is 15.3 Å². The minimum absolute atomic E-state index is 0.621. The lowest BCUT2D eigenvalue weighted by atomic mass is 9.91. The normalized spacial score (nSPS) is 18.1. The Morgan fingerprint density at radius 3 is 3.00 bits per heavy atom. The second-order valence-corrected chi connectivity index (χ2v) is 4.35. The summed E-state index contributed by atoms with van der Waals surface area (Å²) in [5.41, 5.74) is 2.83. The molecule has 2 aromatic rings. The average Bonchev–Trinajstić information content (AvgIpc) is 2.69. The van der Waals surface area contributed by atoms with Crippen molar-refractivity contribution in [1.29, 1.82) is 0 Å². The van der Waals surface area contributed by atoms with Crippen LogP contribution < -0.4 is 5.32 Å². The molecule has 3 rings (SSSR count). The lowest BCUT2D eigenvalue weighted by molar-refractivity contribution is 0.459. The number of fused-ring (bicyclic) bond motifs is 1. The molecule has 0 spiro atoms. The topological polar surface area (TPSA) is 51.0 Å². The van der Waals surface area contributed by atoms with E-state index in [0.29, 0.717) is 17.5 Å². The Bertz CT molecular complexity index is 500. The minimum atomic E-state index is 0.621. The number of piperidine rings is 1. The molecule has 1 saturated heterocycles. The summed E-state index contributed by atoms with van der Waals surface area (Å²) < 4.78 is 5.38. The summed E-state index contributed by atoms with van der Waals surface area (Å²) in [5, 5.41) is 3.37. The monoisotopic (exact) mass is 217 g/mol. The van der Waals surface area contributed by atoms with Crippen LogP contribution in [0.15, 0.2) is 16.7 Å². The van der Waals surface area contributed by atoms with Crippen LogP contribution in [0.4, 0.5) is 0 Å². The van der Waals surface area contributed by atoms with Crippen LogP contribution in [0, 0.1) is 6.92 Å². The third-order valence-corrected chi connectivity index (χ3v) is 3.19. The van der Waals surface area contributed by atoms with E-state index in [1.54, 1.807) is 0 Å². The molecule has 16 heavy (non-hydrogen) atoms. The van der Waals surface area contributed by atoms with Crippen LogP contribution in [0.5, 0.6) is 0 Å². The van der Waals surface area contributed by atoms with Gasteiger partial charge in [0.15, 0.2) is 5.89 Å². The van der Waals surface area contributed by atoms with E-state index in [-0.39, 0.29) is 0 Å². The molecular weight excluding hydrogens is 202 g/mol. The maximum atomic E-state index is 5.38. The van der Waals surface area contributed by atoms with Crippen molar-refractivity contribution in [3.8, 4) is 0 Å². The van der Waals surface area contributed by atoms with Gasteiger partial charge in [-0.15, -0.1) is 0 Å². The largest absolute Gasteiger partial charge is 0.423 e. The van der Waals surface area contributed by atoms with Crippen LogP contribution >= 0.6 is 0 Å². The summed E-state index contributed by atoms with van der Waals surface area (Å²) in [6, 6.07) is 2.12. The lowest BCUT2D eigenvalue weighted by Crippen LogP contribution is -2.26. The molecule has 84 valence electrons. The first kappa shape index (κ1) is 9.78. The van der Waals surface area contributed by atoms with Gasteiger partial charge in [0.25, 0.3) is 0 Å². The Balaban J connectivity index is 1.97. The van der Waals surface area contributed by atoms with Gasteiger partial charge in [-0.05, 0) is 43.5 Å². The molecule has 1 aliphatic rings. The first-order chi connectivity index (χ1) is 7.83. The van der Waals surface area contributed by atoms with Crippen molar-refractivity contribution in [3.05, 3.63) is 23.7 Å². The highest BCUT2D eigenvalue weighted by molar-refractivity contribution is 5.68. The van der Waals surface area contributed by atoms with Gasteiger partial charge in [-0.2, -0.15) is 0 Å². The van der Waals surface area contributed by atoms with Crippen molar-refractivity contribution in [2.45, 2.75) is 25.7 Å². The Kier molecular flexibility index (Phi) is 2.36. The van der Waals surface area contributed by atoms with Crippen molar-refractivity contribution >= 4 is 11.2 Å². The molecule has 1 aliphatic heterocycles. The minimum Gasteiger partial charge on any atom is -0.423 e. The smallest absolute Gasteiger partial charge is 0.246 e. The van der Waals surface area contributed by atoms with E-state index in [9.17, 15) is 0 Å². The summed E-state index contributed by atoms with van der Waals surface area (Å²) in [7, 11) is 0. The molecule has 4 nitrogen and oxygen atoms in total. The van der Waals surface area contributed by atoms with Crippen LogP contribution in [-0.2, 0) is 0 Å². The number of aromatic nitrogens is 2. The zero-order valence-electron chi connectivity index (χ0n) is 9.36. The predicted molar refractivity (Wildman–Crippen MR) is 61.4 cm³/mol. The Morgan fingerprint density at radius 1 is 1.38 bits per heavy atom. The van der Waals surface area contributed by atoms with Gasteiger partial charge < -0.3 is 9.73 Å². The maximum absolute atomic E-state index is 5.38. The van der Waals surface area contributed by atoms with Crippen LogP contribution in [0.25, 0.3) is 11.2 Å². The van der Waals surface area contributed by atoms with Crippen molar-refractivity contribution in [3.63, 3.8) is 0 Å². The molecule has 1 fully saturated rings. The third-order valence-electron chi connectivity index (χ3n) is 3.19. The fraction of sp³-hybridized carbons (Fsp3) is 0.500. The maximum Gasteiger partial charge on any atom is 0.246 e. The summed E-state index contributed by atoms with van der Waals surface area (Å²) in [6.07, 6.45) is 4.30. The molecule has 0 aromatic carbocycles. The van der Waals surface area contributed by atoms with Gasteiger partial charge in [0.2, 0.25) is 5.71 Å². The number of aryl methyl sites for hydroxylation is 1. The highest BCUT2D eigenvalue weighted by Crippen LogP contribution is 2.26. The van der Waals surface area contributed by atoms with Gasteiger partial charge >= 0.3 is 0 Å². The van der Waals surface area contributed by atoms with Gasteiger partial charge in [-0.3, -0.25) is 0 Å². The summed E-state index contributed by atoms with van der Waals surface area (Å²) in [5.74, 6) is 1.31. The first-order valence-electron chi connectivity index (χ1n) is 5.77. The first-order valence-corrected chi connectivity index (χ1v) is 5.77. The van der Waals surface area contributed by atoms with Crippen molar-refractivity contribution in [2.24, 2.45) is 0 Å². The van der Waals surface area contributed by atoms with Crippen molar-refractivity contribution < 1.29 is 4.42 Å². The van der Waals surface area contributed by atoms with E-state index < -0.39 is 0 Å². The molecule has 0 atom stereocenters. The molecule has 4 heteroatoms. The van der Waals surface area contributed by atoms with Crippen LogP contribution in [0.3, 0.4) is 0 Å². The third kappa shape index (κ3) is 1.69. The van der Waals surface area contributed by atoms with Crippen molar-refractivity contribution in [2.75, 3.05) is 13.1 Å². The highest BCUT2D eigenvalue weighted by atomic mass is 16.4. The zero-order valence-corrected chi connectivity index (χ0v) is 9.36. The number of hydrogen-bond donors (Lipinski definition) is 1. The second-order valence-electron chi connectivity index (χ2n) is 4.35. The average molecular weight is 217 g/mol. The summed E-state index contributed by atoms with van der Waals surface area (Å²) >= 11 is 0. The lowest BCUT2D eigenvalue weighted by Gasteiger charge is -2.22. The van der Waals surface area contributed by atoms with Gasteiger partial charge in [0.05, 0.1) is 0 Å². The number of hydrogen-bond acceptors (Lipinski definition) is 4. The fourth-order valence-corrected chi connectivity index (χ4v) is 2.33. The molecule has 3 heterocycles. The summed E-state index contributed by atoms with van der Waals surface area (Å²) in [6.45, 7) is 4.05. The molecule has 0 bridgehead atoms. The summed E-state index contributed by atoms with van der Waals surface area (Å²) in [4.78, 5) is 8.65. The van der Waals surface area contributed by atoms with E-state index in [1.807, 2.05) is 13.1 Å². The second kappa shape index (κ2) is 3.87. The number of nitrogens with zero attached hydrogens (tertiary/aromatic N) is 2. The van der Waals surface area contributed by atoms with Crippen LogP contribution in [0.1, 0.15) is 30.2 Å².